The lowest BCUT2D eigenvalue weighted by Gasteiger charge is -2.08. The second kappa shape index (κ2) is 8.65. The van der Waals surface area contributed by atoms with E-state index in [4.69, 9.17) is 4.74 Å². The number of nitrogens with one attached hydrogen (secondary N) is 1. The molecule has 1 aromatic heterocycles. The van der Waals surface area contributed by atoms with Crippen LogP contribution in [0.4, 0.5) is 0 Å². The van der Waals surface area contributed by atoms with Gasteiger partial charge in [0.15, 0.2) is 0 Å². The second-order valence-corrected chi connectivity index (χ2v) is 4.89. The van der Waals surface area contributed by atoms with E-state index < -0.39 is 6.10 Å². The van der Waals surface area contributed by atoms with Gasteiger partial charge in [0.25, 0.3) is 0 Å². The van der Waals surface area contributed by atoms with Crippen molar-refractivity contribution in [2.75, 3.05) is 13.2 Å². The maximum atomic E-state index is 11.7. The topological polar surface area (TPSA) is 89.3 Å². The first-order chi connectivity index (χ1) is 9.52. The SMILES string of the molecule is CCC(O)c1cn(CC(=O)NCCCOC(C)C)nn1. The standard InChI is InChI=1S/C13H24N4O3/c1-4-12(18)11-8-17(16-15-11)9-13(19)14-6-5-7-20-10(2)3/h8,10,12,18H,4-7,9H2,1-3H3,(H,14,19). The lowest BCUT2D eigenvalue weighted by molar-refractivity contribution is -0.121. The highest BCUT2D eigenvalue weighted by Crippen LogP contribution is 2.11. The molecule has 0 radical (unpaired) electrons. The van der Waals surface area contributed by atoms with Gasteiger partial charge >= 0.3 is 0 Å². The summed E-state index contributed by atoms with van der Waals surface area (Å²) in [6.45, 7) is 7.13. The summed E-state index contributed by atoms with van der Waals surface area (Å²) >= 11 is 0. The number of aliphatic hydroxyl groups is 1. The molecule has 7 heteroatoms. The van der Waals surface area contributed by atoms with Crippen LogP contribution in [-0.4, -0.2) is 45.3 Å². The van der Waals surface area contributed by atoms with Crippen LogP contribution >= 0.6 is 0 Å². The van der Waals surface area contributed by atoms with Gasteiger partial charge in [-0.25, -0.2) is 4.68 Å². The van der Waals surface area contributed by atoms with Crippen molar-refractivity contribution in [1.29, 1.82) is 0 Å². The van der Waals surface area contributed by atoms with Crippen LogP contribution in [-0.2, 0) is 16.1 Å². The molecule has 0 aliphatic heterocycles. The Balaban J connectivity index is 2.23. The average molecular weight is 284 g/mol. The fourth-order valence-electron chi connectivity index (χ4n) is 1.57. The predicted octanol–water partition coefficient (Wildman–Crippen LogP) is 0.653. The van der Waals surface area contributed by atoms with Gasteiger partial charge in [-0.3, -0.25) is 4.79 Å². The molecule has 0 saturated heterocycles. The molecule has 0 aliphatic rings. The maximum absolute atomic E-state index is 11.7. The van der Waals surface area contributed by atoms with Crippen LogP contribution in [0.15, 0.2) is 6.20 Å². The van der Waals surface area contributed by atoms with Crippen molar-refractivity contribution < 1.29 is 14.6 Å². The van der Waals surface area contributed by atoms with Gasteiger partial charge in [0.1, 0.15) is 12.2 Å². The van der Waals surface area contributed by atoms with Gasteiger partial charge in [0.05, 0.1) is 18.4 Å². The van der Waals surface area contributed by atoms with E-state index >= 15 is 0 Å². The molecule has 2 N–H and O–H groups in total. The Morgan fingerprint density at radius 1 is 1.55 bits per heavy atom. The van der Waals surface area contributed by atoms with Crippen molar-refractivity contribution in [2.24, 2.45) is 0 Å². The minimum Gasteiger partial charge on any atom is -0.387 e. The van der Waals surface area contributed by atoms with E-state index in [2.05, 4.69) is 15.6 Å². The van der Waals surface area contributed by atoms with Crippen LogP contribution in [0.5, 0.6) is 0 Å². The molecule has 1 unspecified atom stereocenters. The van der Waals surface area contributed by atoms with Crippen LogP contribution in [0.2, 0.25) is 0 Å². The summed E-state index contributed by atoms with van der Waals surface area (Å²) in [6, 6.07) is 0. The molecular weight excluding hydrogens is 260 g/mol. The van der Waals surface area contributed by atoms with E-state index in [1.54, 1.807) is 6.20 Å². The summed E-state index contributed by atoms with van der Waals surface area (Å²) in [4.78, 5) is 11.7. The van der Waals surface area contributed by atoms with Gasteiger partial charge in [0, 0.05) is 13.2 Å². The van der Waals surface area contributed by atoms with E-state index in [0.717, 1.165) is 6.42 Å². The number of rotatable bonds is 9. The van der Waals surface area contributed by atoms with E-state index in [9.17, 15) is 9.90 Å². The molecule has 0 aromatic carbocycles. The number of carbonyl (C=O) groups excluding carboxylic acids is 1. The molecule has 20 heavy (non-hydrogen) atoms. The summed E-state index contributed by atoms with van der Waals surface area (Å²) in [6.07, 6.45) is 2.53. The van der Waals surface area contributed by atoms with E-state index in [1.165, 1.54) is 4.68 Å². The average Bonchev–Trinajstić information content (AvgIpc) is 2.85. The van der Waals surface area contributed by atoms with Crippen molar-refractivity contribution in [3.05, 3.63) is 11.9 Å². The number of hydrogen-bond donors (Lipinski definition) is 2. The first-order valence-corrected chi connectivity index (χ1v) is 6.99. The Labute approximate surface area is 119 Å². The smallest absolute Gasteiger partial charge is 0.241 e. The van der Waals surface area contributed by atoms with Crippen LogP contribution in [0.3, 0.4) is 0 Å². The Bertz CT molecular complexity index is 406. The first kappa shape index (κ1) is 16.6. The minimum absolute atomic E-state index is 0.106. The van der Waals surface area contributed by atoms with Crippen molar-refractivity contribution in [3.63, 3.8) is 0 Å². The molecule has 1 heterocycles. The largest absolute Gasteiger partial charge is 0.387 e. The number of ether oxygens (including phenoxy) is 1. The third-order valence-electron chi connectivity index (χ3n) is 2.68. The molecule has 1 atom stereocenters. The highest BCUT2D eigenvalue weighted by Gasteiger charge is 2.11. The van der Waals surface area contributed by atoms with Gasteiger partial charge in [-0.2, -0.15) is 0 Å². The number of carbonyl (C=O) groups is 1. The number of aliphatic hydroxyl groups excluding tert-OH is 1. The molecule has 0 bridgehead atoms. The van der Waals surface area contributed by atoms with Crippen LogP contribution in [0, 0.1) is 0 Å². The summed E-state index contributed by atoms with van der Waals surface area (Å²) in [5, 5.41) is 20.0. The predicted molar refractivity (Wildman–Crippen MR) is 74.0 cm³/mol. The van der Waals surface area contributed by atoms with Crippen molar-refractivity contribution in [3.8, 4) is 0 Å². The molecule has 1 rings (SSSR count). The second-order valence-electron chi connectivity index (χ2n) is 4.89. The van der Waals surface area contributed by atoms with Crippen molar-refractivity contribution in [2.45, 2.75) is 52.4 Å². The maximum Gasteiger partial charge on any atom is 0.241 e. The number of amides is 1. The third-order valence-corrected chi connectivity index (χ3v) is 2.68. The third kappa shape index (κ3) is 6.12. The lowest BCUT2D eigenvalue weighted by atomic mass is 10.2. The molecule has 114 valence electrons. The highest BCUT2D eigenvalue weighted by molar-refractivity contribution is 5.75. The van der Waals surface area contributed by atoms with Gasteiger partial charge < -0.3 is 15.2 Å². The summed E-state index contributed by atoms with van der Waals surface area (Å²) in [5.41, 5.74) is 0.491. The van der Waals surface area contributed by atoms with Gasteiger partial charge in [-0.15, -0.1) is 5.10 Å². The Morgan fingerprint density at radius 2 is 2.30 bits per heavy atom. The van der Waals surface area contributed by atoms with Gasteiger partial charge in [-0.1, -0.05) is 12.1 Å². The zero-order valence-corrected chi connectivity index (χ0v) is 12.4. The molecule has 0 spiro atoms. The quantitative estimate of drug-likeness (QED) is 0.650. The zero-order valence-electron chi connectivity index (χ0n) is 12.4. The molecule has 0 aliphatic carbocycles. The number of nitrogens with zero attached hydrogens (tertiary/aromatic N) is 3. The van der Waals surface area contributed by atoms with Crippen LogP contribution < -0.4 is 5.32 Å². The number of aromatic nitrogens is 3. The Hall–Kier alpha value is -1.47. The van der Waals surface area contributed by atoms with E-state index in [-0.39, 0.29) is 18.6 Å². The van der Waals surface area contributed by atoms with E-state index in [1.807, 2.05) is 20.8 Å². The van der Waals surface area contributed by atoms with E-state index in [0.29, 0.717) is 25.3 Å². The van der Waals surface area contributed by atoms with Crippen molar-refractivity contribution in [1.82, 2.24) is 20.3 Å². The van der Waals surface area contributed by atoms with Gasteiger partial charge in [0.2, 0.25) is 5.91 Å². The molecule has 0 saturated carbocycles. The lowest BCUT2D eigenvalue weighted by Crippen LogP contribution is -2.29. The summed E-state index contributed by atoms with van der Waals surface area (Å²) in [5.74, 6) is -0.128. The fraction of sp³-hybridized carbons (Fsp3) is 0.769. The van der Waals surface area contributed by atoms with Crippen LogP contribution in [0.1, 0.15) is 45.4 Å². The van der Waals surface area contributed by atoms with Crippen LogP contribution in [0.25, 0.3) is 0 Å². The Morgan fingerprint density at radius 3 is 2.95 bits per heavy atom. The molecule has 1 aromatic rings. The zero-order chi connectivity index (χ0) is 15.0. The molecule has 7 nitrogen and oxygen atoms in total. The summed E-state index contributed by atoms with van der Waals surface area (Å²) < 4.78 is 6.80. The number of hydrogen-bond acceptors (Lipinski definition) is 5. The van der Waals surface area contributed by atoms with Crippen molar-refractivity contribution >= 4 is 5.91 Å². The fourth-order valence-corrected chi connectivity index (χ4v) is 1.57. The normalized spacial score (nSPS) is 12.7. The summed E-state index contributed by atoms with van der Waals surface area (Å²) in [7, 11) is 0. The first-order valence-electron chi connectivity index (χ1n) is 6.99. The van der Waals surface area contributed by atoms with Gasteiger partial charge in [-0.05, 0) is 26.7 Å². The monoisotopic (exact) mass is 284 g/mol. The molecule has 1 amide bonds. The Kier molecular flexibility index (Phi) is 7.17. The highest BCUT2D eigenvalue weighted by atomic mass is 16.5. The molecular formula is C13H24N4O3. The minimum atomic E-state index is -0.625. The molecule has 0 fully saturated rings.